The lowest BCUT2D eigenvalue weighted by Gasteiger charge is -2.37. The summed E-state index contributed by atoms with van der Waals surface area (Å²) in [7, 11) is -1.92. The van der Waals surface area contributed by atoms with E-state index < -0.39 is 8.32 Å². The van der Waals surface area contributed by atoms with Crippen LogP contribution in [0.1, 0.15) is 20.8 Å². The minimum atomic E-state index is -1.92. The van der Waals surface area contributed by atoms with Crippen molar-refractivity contribution in [2.24, 2.45) is 0 Å². The van der Waals surface area contributed by atoms with E-state index in [1.807, 2.05) is 0 Å². The molecule has 0 fully saturated rings. The molecule has 1 rings (SSSR count). The van der Waals surface area contributed by atoms with Gasteiger partial charge in [0.05, 0.1) is 0 Å². The molecule has 0 bridgehead atoms. The van der Waals surface area contributed by atoms with E-state index in [1.54, 1.807) is 12.1 Å². The van der Waals surface area contributed by atoms with E-state index >= 15 is 0 Å². The lowest BCUT2D eigenvalue weighted by atomic mass is 10.2. The molecule has 0 aromatic heterocycles. The van der Waals surface area contributed by atoms with Crippen LogP contribution >= 0.6 is 0 Å². The second kappa shape index (κ2) is 6.42. The molecular weight excluding hydrogens is 271 g/mol. The van der Waals surface area contributed by atoms with Crippen molar-refractivity contribution in [3.63, 3.8) is 0 Å². The first kappa shape index (κ1) is 16.7. The zero-order valence-corrected chi connectivity index (χ0v) is 13.9. The fraction of sp³-hybridized carbons (Fsp3) is 0.500. The fourth-order valence-corrected chi connectivity index (χ4v) is 2.55. The number of benzene rings is 1. The SMILES string of the molecule is C#CC(COc1ccc(F)cc1)O[Si](C)(C)C(C)(C)C. The summed E-state index contributed by atoms with van der Waals surface area (Å²) in [6, 6.07) is 5.87. The van der Waals surface area contributed by atoms with Gasteiger partial charge in [0.2, 0.25) is 0 Å². The van der Waals surface area contributed by atoms with Gasteiger partial charge >= 0.3 is 0 Å². The lowest BCUT2D eigenvalue weighted by Crippen LogP contribution is -2.45. The standard InChI is InChI=1S/C16H23FO2Si/c1-7-14(19-20(5,6)16(2,3)4)12-18-15-10-8-13(17)9-11-15/h1,8-11,14H,12H2,2-6H3. The Morgan fingerprint density at radius 3 is 2.25 bits per heavy atom. The van der Waals surface area contributed by atoms with Crippen LogP contribution in [0.3, 0.4) is 0 Å². The van der Waals surface area contributed by atoms with Gasteiger partial charge in [-0.05, 0) is 42.4 Å². The maximum Gasteiger partial charge on any atom is 0.193 e. The van der Waals surface area contributed by atoms with Crippen LogP contribution in [0.4, 0.5) is 4.39 Å². The molecule has 0 aliphatic heterocycles. The van der Waals surface area contributed by atoms with Gasteiger partial charge in [0.25, 0.3) is 0 Å². The van der Waals surface area contributed by atoms with Crippen molar-refractivity contribution in [2.45, 2.75) is 45.0 Å². The summed E-state index contributed by atoms with van der Waals surface area (Å²) >= 11 is 0. The van der Waals surface area contributed by atoms with Crippen molar-refractivity contribution in [2.75, 3.05) is 6.61 Å². The van der Waals surface area contributed by atoms with Crippen LogP contribution in [0.2, 0.25) is 18.1 Å². The number of hydrogen-bond donors (Lipinski definition) is 0. The van der Waals surface area contributed by atoms with Crippen molar-refractivity contribution < 1.29 is 13.6 Å². The number of rotatable bonds is 5. The highest BCUT2D eigenvalue weighted by Gasteiger charge is 2.39. The molecule has 0 saturated heterocycles. The van der Waals surface area contributed by atoms with Gasteiger partial charge in [-0.3, -0.25) is 0 Å². The molecular formula is C16H23FO2Si. The van der Waals surface area contributed by atoms with Crippen molar-refractivity contribution in [1.82, 2.24) is 0 Å². The van der Waals surface area contributed by atoms with Crippen LogP contribution in [0, 0.1) is 18.2 Å². The molecule has 1 atom stereocenters. The molecule has 0 spiro atoms. The van der Waals surface area contributed by atoms with E-state index in [4.69, 9.17) is 15.6 Å². The van der Waals surface area contributed by atoms with Gasteiger partial charge in [-0.2, -0.15) is 0 Å². The molecule has 0 radical (unpaired) electrons. The summed E-state index contributed by atoms with van der Waals surface area (Å²) in [6.45, 7) is 11.0. The maximum absolute atomic E-state index is 12.8. The fourth-order valence-electron chi connectivity index (χ4n) is 1.35. The van der Waals surface area contributed by atoms with E-state index in [-0.39, 0.29) is 23.6 Å². The minimum Gasteiger partial charge on any atom is -0.490 e. The highest BCUT2D eigenvalue weighted by atomic mass is 28.4. The quantitative estimate of drug-likeness (QED) is 0.598. The Morgan fingerprint density at radius 1 is 1.25 bits per heavy atom. The zero-order chi connectivity index (χ0) is 15.4. The Labute approximate surface area is 122 Å². The Morgan fingerprint density at radius 2 is 1.80 bits per heavy atom. The smallest absolute Gasteiger partial charge is 0.193 e. The molecule has 0 N–H and O–H groups in total. The third-order valence-corrected chi connectivity index (χ3v) is 8.13. The number of ether oxygens (including phenoxy) is 1. The zero-order valence-electron chi connectivity index (χ0n) is 12.9. The maximum atomic E-state index is 12.8. The normalized spacial score (nSPS) is 13.7. The monoisotopic (exact) mass is 294 g/mol. The molecule has 0 aliphatic rings. The third kappa shape index (κ3) is 4.66. The van der Waals surface area contributed by atoms with Crippen molar-refractivity contribution in [3.05, 3.63) is 30.1 Å². The third-order valence-electron chi connectivity index (χ3n) is 3.64. The summed E-state index contributed by atoms with van der Waals surface area (Å²) < 4.78 is 24.5. The van der Waals surface area contributed by atoms with Crippen molar-refractivity contribution in [3.8, 4) is 18.1 Å². The van der Waals surface area contributed by atoms with E-state index in [0.29, 0.717) is 5.75 Å². The van der Waals surface area contributed by atoms with Gasteiger partial charge in [0, 0.05) is 0 Å². The molecule has 2 nitrogen and oxygen atoms in total. The predicted octanol–water partition coefficient (Wildman–Crippen LogP) is 4.23. The molecule has 110 valence electrons. The number of hydrogen-bond acceptors (Lipinski definition) is 2. The second-order valence-electron chi connectivity index (χ2n) is 6.30. The largest absolute Gasteiger partial charge is 0.490 e. The summed E-state index contributed by atoms with van der Waals surface area (Å²) in [6.07, 6.45) is 5.13. The average molecular weight is 294 g/mol. The molecule has 0 amide bonds. The van der Waals surface area contributed by atoms with Gasteiger partial charge in [-0.25, -0.2) is 4.39 Å². The van der Waals surface area contributed by atoms with Crippen molar-refractivity contribution in [1.29, 1.82) is 0 Å². The summed E-state index contributed by atoms with van der Waals surface area (Å²) in [5.41, 5.74) is 0. The molecule has 4 heteroatoms. The lowest BCUT2D eigenvalue weighted by molar-refractivity contribution is 0.157. The molecule has 0 saturated carbocycles. The van der Waals surface area contributed by atoms with Crippen LogP contribution in [0.5, 0.6) is 5.75 Å². The number of terminal acetylenes is 1. The van der Waals surface area contributed by atoms with Gasteiger partial charge in [-0.15, -0.1) is 6.42 Å². The van der Waals surface area contributed by atoms with E-state index in [0.717, 1.165) is 0 Å². The van der Waals surface area contributed by atoms with Crippen LogP contribution in [-0.2, 0) is 4.43 Å². The first-order chi connectivity index (χ1) is 9.15. The van der Waals surface area contributed by atoms with Crippen molar-refractivity contribution >= 4 is 8.32 Å². The molecule has 20 heavy (non-hydrogen) atoms. The van der Waals surface area contributed by atoms with Crippen LogP contribution in [-0.4, -0.2) is 21.0 Å². The van der Waals surface area contributed by atoms with E-state index in [2.05, 4.69) is 39.8 Å². The Kier molecular flexibility index (Phi) is 5.38. The van der Waals surface area contributed by atoms with Gasteiger partial charge in [-0.1, -0.05) is 26.7 Å². The van der Waals surface area contributed by atoms with Gasteiger partial charge in [0.1, 0.15) is 24.3 Å². The van der Waals surface area contributed by atoms with E-state index in [9.17, 15) is 4.39 Å². The van der Waals surface area contributed by atoms with Crippen LogP contribution < -0.4 is 4.74 Å². The highest BCUT2D eigenvalue weighted by Crippen LogP contribution is 2.37. The summed E-state index contributed by atoms with van der Waals surface area (Å²) in [4.78, 5) is 0. The second-order valence-corrected chi connectivity index (χ2v) is 11.1. The predicted molar refractivity (Wildman–Crippen MR) is 82.8 cm³/mol. The topological polar surface area (TPSA) is 18.5 Å². The van der Waals surface area contributed by atoms with Crippen LogP contribution in [0.15, 0.2) is 24.3 Å². The molecule has 1 aromatic rings. The van der Waals surface area contributed by atoms with Gasteiger partial charge in [0.15, 0.2) is 8.32 Å². The molecule has 0 heterocycles. The first-order valence-electron chi connectivity index (χ1n) is 6.68. The highest BCUT2D eigenvalue weighted by molar-refractivity contribution is 6.74. The van der Waals surface area contributed by atoms with Crippen LogP contribution in [0.25, 0.3) is 0 Å². The first-order valence-corrected chi connectivity index (χ1v) is 9.59. The molecule has 0 aliphatic carbocycles. The molecule has 1 unspecified atom stereocenters. The molecule has 1 aromatic carbocycles. The van der Waals surface area contributed by atoms with Gasteiger partial charge < -0.3 is 9.16 Å². The summed E-state index contributed by atoms with van der Waals surface area (Å²) in [5.74, 6) is 2.93. The number of halogens is 1. The minimum absolute atomic E-state index is 0.0952. The Hall–Kier alpha value is -1.31. The Balaban J connectivity index is 2.61. The summed E-state index contributed by atoms with van der Waals surface area (Å²) in [5, 5.41) is 0.0952. The average Bonchev–Trinajstić information content (AvgIpc) is 2.35. The van der Waals surface area contributed by atoms with E-state index in [1.165, 1.54) is 12.1 Å². The Bertz CT molecular complexity index is 469.